The van der Waals surface area contributed by atoms with E-state index in [1.807, 2.05) is 0 Å². The third-order valence-electron chi connectivity index (χ3n) is 1.66. The first-order chi connectivity index (χ1) is 5.91. The van der Waals surface area contributed by atoms with E-state index in [4.69, 9.17) is 5.11 Å². The normalized spacial score (nSPS) is 14.4. The number of nitrogens with zero attached hydrogens (tertiary/aromatic N) is 1. The van der Waals surface area contributed by atoms with Gasteiger partial charge in [0.15, 0.2) is 6.04 Å². The van der Waals surface area contributed by atoms with Gasteiger partial charge in [0.25, 0.3) is 0 Å². The summed E-state index contributed by atoms with van der Waals surface area (Å²) in [5, 5.41) is 18.1. The first kappa shape index (κ1) is 11.6. The Morgan fingerprint density at radius 2 is 2.08 bits per heavy atom. The molecule has 2 N–H and O–H groups in total. The molecule has 0 saturated heterocycles. The molecule has 0 aliphatic carbocycles. The Morgan fingerprint density at radius 1 is 1.62 bits per heavy atom. The van der Waals surface area contributed by atoms with Crippen LogP contribution in [0.2, 0.25) is 0 Å². The van der Waals surface area contributed by atoms with Crippen molar-refractivity contribution in [2.24, 2.45) is 0 Å². The van der Waals surface area contributed by atoms with E-state index in [0.29, 0.717) is 12.0 Å². The number of carbonyl (C=O) groups excluding carboxylic acids is 1. The number of likely N-dealkylation sites (N-methyl/N-ethyl adjacent to an activating group) is 1. The Kier molecular flexibility index (Phi) is 4.13. The number of carboxylic acids is 1. The van der Waals surface area contributed by atoms with Crippen molar-refractivity contribution in [2.75, 3.05) is 7.05 Å². The van der Waals surface area contributed by atoms with Gasteiger partial charge >= 0.3 is 5.97 Å². The Balaban J connectivity index is 4.69. The number of hydrogen-bond donors (Lipinski definition) is 2. The minimum absolute atomic E-state index is 0.307. The number of aliphatic hydroxyl groups excluding tert-OH is 1. The largest absolute Gasteiger partial charge is 0.480 e. The van der Waals surface area contributed by atoms with Crippen LogP contribution in [0, 0.1) is 0 Å². The number of aliphatic carboxylic acids is 1. The van der Waals surface area contributed by atoms with E-state index in [9.17, 15) is 14.7 Å². The Morgan fingerprint density at radius 3 is 2.31 bits per heavy atom. The van der Waals surface area contributed by atoms with E-state index in [0.717, 1.165) is 4.90 Å². The van der Waals surface area contributed by atoms with Crippen molar-refractivity contribution in [3.05, 3.63) is 12.2 Å². The summed E-state index contributed by atoms with van der Waals surface area (Å²) in [5.74, 6) is -1.26. The lowest BCUT2D eigenvalue weighted by Crippen LogP contribution is -2.46. The summed E-state index contributed by atoms with van der Waals surface area (Å²) in [6.07, 6.45) is -0.891. The lowest BCUT2D eigenvalue weighted by Gasteiger charge is -2.25. The molecule has 2 atom stereocenters. The number of amides is 1. The third kappa shape index (κ3) is 2.87. The second-order valence-electron chi connectivity index (χ2n) is 2.85. The topological polar surface area (TPSA) is 77.8 Å². The van der Waals surface area contributed by atoms with Crippen LogP contribution in [0.4, 0.5) is 0 Å². The summed E-state index contributed by atoms with van der Waals surface area (Å²) in [4.78, 5) is 21.8. The monoisotopic (exact) mass is 187 g/mol. The molecule has 0 radical (unpaired) electrons. The number of carboxylic acid groups (broad SMARTS) is 1. The third-order valence-corrected chi connectivity index (χ3v) is 1.66. The van der Waals surface area contributed by atoms with Gasteiger partial charge in [-0.1, -0.05) is 6.58 Å². The van der Waals surface area contributed by atoms with E-state index < -0.39 is 18.1 Å². The highest BCUT2D eigenvalue weighted by molar-refractivity contribution is 5.77. The molecular weight excluding hydrogens is 174 g/mol. The minimum Gasteiger partial charge on any atom is -0.480 e. The smallest absolute Gasteiger partial charge is 0.329 e. The molecule has 0 aliphatic rings. The zero-order valence-corrected chi connectivity index (χ0v) is 7.60. The molecule has 0 aromatic heterocycles. The van der Waals surface area contributed by atoms with Gasteiger partial charge in [-0.2, -0.15) is 0 Å². The van der Waals surface area contributed by atoms with Gasteiger partial charge in [-0.05, 0) is 12.5 Å². The molecule has 13 heavy (non-hydrogen) atoms. The molecule has 0 rings (SSSR count). The molecule has 0 aliphatic heterocycles. The average Bonchev–Trinajstić information content (AvgIpc) is 2.03. The molecule has 0 spiro atoms. The SMILES string of the molecule is C=C(C)C(O)C(C(=O)O)N(C)C=O. The molecule has 74 valence electrons. The summed E-state index contributed by atoms with van der Waals surface area (Å²) in [6, 6.07) is -1.27. The van der Waals surface area contributed by atoms with E-state index in [-0.39, 0.29) is 0 Å². The fraction of sp³-hybridized carbons (Fsp3) is 0.500. The van der Waals surface area contributed by atoms with Crippen LogP contribution in [0.1, 0.15) is 6.92 Å². The van der Waals surface area contributed by atoms with Gasteiger partial charge in [0, 0.05) is 7.05 Å². The molecule has 2 unspecified atom stereocenters. The average molecular weight is 187 g/mol. The van der Waals surface area contributed by atoms with Gasteiger partial charge in [-0.3, -0.25) is 4.79 Å². The standard InChI is InChI=1S/C8H13NO4/c1-5(2)7(11)6(8(12)13)9(3)4-10/h4,6-7,11H,1H2,2-3H3,(H,12,13). The lowest BCUT2D eigenvalue weighted by atomic mass is 10.0. The highest BCUT2D eigenvalue weighted by Gasteiger charge is 2.30. The molecular formula is C8H13NO4. The first-order valence-electron chi connectivity index (χ1n) is 3.65. The molecule has 0 aromatic rings. The maximum atomic E-state index is 10.6. The van der Waals surface area contributed by atoms with Gasteiger partial charge in [-0.15, -0.1) is 0 Å². The summed E-state index contributed by atoms with van der Waals surface area (Å²) < 4.78 is 0. The number of hydrogen-bond acceptors (Lipinski definition) is 3. The lowest BCUT2D eigenvalue weighted by molar-refractivity contribution is -0.149. The molecule has 0 saturated carbocycles. The van der Waals surface area contributed by atoms with Crippen LogP contribution in [-0.2, 0) is 9.59 Å². The highest BCUT2D eigenvalue weighted by atomic mass is 16.4. The molecule has 5 heteroatoms. The zero-order chi connectivity index (χ0) is 10.6. The molecule has 0 bridgehead atoms. The number of aliphatic hydroxyl groups is 1. The maximum Gasteiger partial charge on any atom is 0.329 e. The van der Waals surface area contributed by atoms with Crippen molar-refractivity contribution in [1.82, 2.24) is 4.90 Å². The van der Waals surface area contributed by atoms with Gasteiger partial charge in [0.1, 0.15) is 6.10 Å². The molecule has 1 amide bonds. The van der Waals surface area contributed by atoms with Gasteiger partial charge in [0.2, 0.25) is 6.41 Å². The Labute approximate surface area is 76.3 Å². The minimum atomic E-state index is -1.27. The second-order valence-corrected chi connectivity index (χ2v) is 2.85. The van der Waals surface area contributed by atoms with Crippen LogP contribution in [0.5, 0.6) is 0 Å². The predicted octanol–water partition coefficient (Wildman–Crippen LogP) is -0.535. The fourth-order valence-electron chi connectivity index (χ4n) is 0.867. The summed E-state index contributed by atoms with van der Waals surface area (Å²) in [6.45, 7) is 4.92. The van der Waals surface area contributed by atoms with E-state index in [2.05, 4.69) is 6.58 Å². The van der Waals surface area contributed by atoms with Crippen molar-refractivity contribution in [2.45, 2.75) is 19.1 Å². The second kappa shape index (κ2) is 4.61. The van der Waals surface area contributed by atoms with Gasteiger partial charge < -0.3 is 15.1 Å². The number of carbonyl (C=O) groups is 2. The van der Waals surface area contributed by atoms with Crippen LogP contribution in [0.3, 0.4) is 0 Å². The Bertz CT molecular complexity index is 226. The van der Waals surface area contributed by atoms with Gasteiger partial charge in [0.05, 0.1) is 0 Å². The summed E-state index contributed by atoms with van der Waals surface area (Å²) in [7, 11) is 1.29. The van der Waals surface area contributed by atoms with Crippen LogP contribution >= 0.6 is 0 Å². The highest BCUT2D eigenvalue weighted by Crippen LogP contribution is 2.08. The fourth-order valence-corrected chi connectivity index (χ4v) is 0.867. The molecule has 0 heterocycles. The van der Waals surface area contributed by atoms with Crippen LogP contribution in [0.15, 0.2) is 12.2 Å². The van der Waals surface area contributed by atoms with Crippen LogP contribution in [0.25, 0.3) is 0 Å². The van der Waals surface area contributed by atoms with Crippen molar-refractivity contribution in [1.29, 1.82) is 0 Å². The van der Waals surface area contributed by atoms with Crippen molar-refractivity contribution >= 4 is 12.4 Å². The molecule has 0 aromatic carbocycles. The quantitative estimate of drug-likeness (QED) is 0.448. The van der Waals surface area contributed by atoms with Gasteiger partial charge in [-0.25, -0.2) is 4.79 Å². The molecule has 5 nitrogen and oxygen atoms in total. The van der Waals surface area contributed by atoms with E-state index in [1.54, 1.807) is 0 Å². The Hall–Kier alpha value is -1.36. The first-order valence-corrected chi connectivity index (χ1v) is 3.65. The van der Waals surface area contributed by atoms with Crippen LogP contribution < -0.4 is 0 Å². The number of rotatable bonds is 5. The van der Waals surface area contributed by atoms with Crippen LogP contribution in [-0.4, -0.2) is 46.7 Å². The zero-order valence-electron chi connectivity index (χ0n) is 7.60. The van der Waals surface area contributed by atoms with Crippen molar-refractivity contribution in [3.8, 4) is 0 Å². The van der Waals surface area contributed by atoms with E-state index in [1.165, 1.54) is 14.0 Å². The van der Waals surface area contributed by atoms with Crippen molar-refractivity contribution in [3.63, 3.8) is 0 Å². The predicted molar refractivity (Wildman–Crippen MR) is 46.1 cm³/mol. The van der Waals surface area contributed by atoms with E-state index >= 15 is 0 Å². The molecule has 0 fully saturated rings. The summed E-state index contributed by atoms with van der Waals surface area (Å²) in [5.41, 5.74) is 0.307. The van der Waals surface area contributed by atoms with Crippen molar-refractivity contribution < 1.29 is 19.8 Å². The maximum absolute atomic E-state index is 10.6. The summed E-state index contributed by atoms with van der Waals surface area (Å²) >= 11 is 0.